The molecule has 2 N–H and O–H groups in total. The van der Waals surface area contributed by atoms with Gasteiger partial charge in [-0.3, -0.25) is 14.2 Å². The van der Waals surface area contributed by atoms with Gasteiger partial charge < -0.3 is 4.90 Å². The number of hydrogen-bond acceptors (Lipinski definition) is 5. The number of amides is 1. The SMILES string of the molecule is Cc1ccc(NS(=O)(=O)c2ccc(NS(=O)(=O)c3ccc(N4CCCC4=O)c(C)c3)cc2)cc1Cl. The Bertz CT molecular complexity index is 1500. The van der Waals surface area contributed by atoms with Gasteiger partial charge >= 0.3 is 0 Å². The second-order valence-electron chi connectivity index (χ2n) is 8.30. The lowest BCUT2D eigenvalue weighted by Gasteiger charge is -2.19. The number of nitrogens with one attached hydrogen (secondary N) is 2. The summed E-state index contributed by atoms with van der Waals surface area (Å²) in [5.74, 6) is 0.0249. The van der Waals surface area contributed by atoms with E-state index in [9.17, 15) is 21.6 Å². The van der Waals surface area contributed by atoms with Crippen molar-refractivity contribution in [2.75, 3.05) is 20.9 Å². The van der Waals surface area contributed by atoms with Crippen molar-refractivity contribution >= 4 is 54.6 Å². The quantitative estimate of drug-likeness (QED) is 0.457. The Morgan fingerprint density at radius 1 is 0.771 bits per heavy atom. The molecule has 1 fully saturated rings. The number of carbonyl (C=O) groups is 1. The molecule has 0 spiro atoms. The topological polar surface area (TPSA) is 113 Å². The van der Waals surface area contributed by atoms with Gasteiger partial charge in [-0.2, -0.15) is 0 Å². The van der Waals surface area contributed by atoms with Crippen molar-refractivity contribution in [1.29, 1.82) is 0 Å². The number of halogens is 1. The Hall–Kier alpha value is -3.08. The Morgan fingerprint density at radius 3 is 1.97 bits per heavy atom. The molecule has 0 aliphatic carbocycles. The molecule has 1 aliphatic rings. The molecule has 0 bridgehead atoms. The molecule has 8 nitrogen and oxygen atoms in total. The number of hydrogen-bond donors (Lipinski definition) is 2. The van der Waals surface area contributed by atoms with Crippen molar-refractivity contribution in [3.8, 4) is 0 Å². The number of sulfonamides is 2. The number of nitrogens with zero attached hydrogens (tertiary/aromatic N) is 1. The fourth-order valence-electron chi connectivity index (χ4n) is 3.79. The minimum absolute atomic E-state index is 0.0249. The molecule has 3 aromatic carbocycles. The number of anilines is 3. The van der Waals surface area contributed by atoms with E-state index in [1.165, 1.54) is 42.5 Å². The Balaban J connectivity index is 1.50. The molecular weight excluding hydrogens is 510 g/mol. The van der Waals surface area contributed by atoms with Crippen molar-refractivity contribution in [2.45, 2.75) is 36.5 Å². The average molecular weight is 534 g/mol. The lowest BCUT2D eigenvalue weighted by molar-refractivity contribution is -0.117. The first-order valence-corrected chi connectivity index (χ1v) is 14.1. The third kappa shape index (κ3) is 5.44. The third-order valence-electron chi connectivity index (χ3n) is 5.68. The smallest absolute Gasteiger partial charge is 0.261 e. The molecule has 0 saturated carbocycles. The number of aryl methyl sites for hydroxylation is 2. The maximum Gasteiger partial charge on any atom is 0.261 e. The van der Waals surface area contributed by atoms with Gasteiger partial charge in [-0.05, 0) is 86.0 Å². The molecule has 0 atom stereocenters. The number of benzene rings is 3. The van der Waals surface area contributed by atoms with Gasteiger partial charge in [0, 0.05) is 29.4 Å². The Labute approximate surface area is 210 Å². The van der Waals surface area contributed by atoms with E-state index in [0.29, 0.717) is 34.9 Å². The molecule has 11 heteroatoms. The lowest BCUT2D eigenvalue weighted by atomic mass is 10.2. The highest BCUT2D eigenvalue weighted by atomic mass is 35.5. The summed E-state index contributed by atoms with van der Waals surface area (Å²) in [4.78, 5) is 13.7. The zero-order valence-corrected chi connectivity index (χ0v) is 21.5. The van der Waals surface area contributed by atoms with E-state index in [-0.39, 0.29) is 21.4 Å². The average Bonchev–Trinajstić information content (AvgIpc) is 3.21. The summed E-state index contributed by atoms with van der Waals surface area (Å²) in [5.41, 5.74) is 2.72. The van der Waals surface area contributed by atoms with Crippen molar-refractivity contribution < 1.29 is 21.6 Å². The molecule has 1 heterocycles. The minimum atomic E-state index is -3.93. The number of carbonyl (C=O) groups excluding carboxylic acids is 1. The highest BCUT2D eigenvalue weighted by Gasteiger charge is 2.24. The molecule has 4 rings (SSSR count). The predicted molar refractivity (Wildman–Crippen MR) is 137 cm³/mol. The van der Waals surface area contributed by atoms with Crippen LogP contribution in [0.15, 0.2) is 70.5 Å². The molecule has 184 valence electrons. The van der Waals surface area contributed by atoms with Crippen molar-refractivity contribution in [3.63, 3.8) is 0 Å². The highest BCUT2D eigenvalue weighted by molar-refractivity contribution is 7.93. The van der Waals surface area contributed by atoms with Gasteiger partial charge in [0.05, 0.1) is 15.5 Å². The van der Waals surface area contributed by atoms with Gasteiger partial charge in [-0.1, -0.05) is 17.7 Å². The summed E-state index contributed by atoms with van der Waals surface area (Å²) in [5, 5.41) is 0.435. The Kier molecular flexibility index (Phi) is 6.81. The van der Waals surface area contributed by atoms with Gasteiger partial charge in [0.1, 0.15) is 0 Å². The second-order valence-corrected chi connectivity index (χ2v) is 12.1. The molecular formula is C24H24ClN3O5S2. The van der Waals surface area contributed by atoms with E-state index in [1.807, 2.05) is 6.92 Å². The summed E-state index contributed by atoms with van der Waals surface area (Å²) in [6, 6.07) is 14.8. The standard InChI is InChI=1S/C24H24ClN3O5S2/c1-16-5-6-19(15-22(16)25)27-34(30,31)20-9-7-18(8-10-20)26-35(32,33)21-11-12-23(17(2)14-21)28-13-3-4-24(28)29/h5-12,14-15,26-27H,3-4,13H2,1-2H3. The first kappa shape index (κ1) is 25.0. The van der Waals surface area contributed by atoms with Crippen LogP contribution in [-0.4, -0.2) is 29.3 Å². The molecule has 3 aromatic rings. The van der Waals surface area contributed by atoms with Crippen LogP contribution in [0.1, 0.15) is 24.0 Å². The lowest BCUT2D eigenvalue weighted by Crippen LogP contribution is -2.24. The number of rotatable bonds is 7. The fourth-order valence-corrected chi connectivity index (χ4v) is 6.16. The van der Waals surface area contributed by atoms with Gasteiger partial charge in [0.15, 0.2) is 0 Å². The van der Waals surface area contributed by atoms with Crippen LogP contribution in [0.4, 0.5) is 17.1 Å². The van der Waals surface area contributed by atoms with Crippen LogP contribution in [0.5, 0.6) is 0 Å². The monoisotopic (exact) mass is 533 g/mol. The fraction of sp³-hybridized carbons (Fsp3) is 0.208. The van der Waals surface area contributed by atoms with Crippen LogP contribution in [-0.2, 0) is 24.8 Å². The largest absolute Gasteiger partial charge is 0.312 e. The van der Waals surface area contributed by atoms with E-state index in [4.69, 9.17) is 11.6 Å². The van der Waals surface area contributed by atoms with Crippen LogP contribution in [0, 0.1) is 13.8 Å². The molecule has 1 amide bonds. The zero-order chi connectivity index (χ0) is 25.4. The molecule has 35 heavy (non-hydrogen) atoms. The minimum Gasteiger partial charge on any atom is -0.312 e. The van der Waals surface area contributed by atoms with Crippen molar-refractivity contribution in [1.82, 2.24) is 0 Å². The highest BCUT2D eigenvalue weighted by Crippen LogP contribution is 2.28. The Morgan fingerprint density at radius 2 is 1.37 bits per heavy atom. The van der Waals surface area contributed by atoms with E-state index in [2.05, 4.69) is 9.44 Å². The zero-order valence-electron chi connectivity index (χ0n) is 19.1. The van der Waals surface area contributed by atoms with Crippen LogP contribution < -0.4 is 14.3 Å². The third-order valence-corrected chi connectivity index (χ3v) is 8.87. The van der Waals surface area contributed by atoms with E-state index >= 15 is 0 Å². The summed E-state index contributed by atoms with van der Waals surface area (Å²) in [6.45, 7) is 4.18. The van der Waals surface area contributed by atoms with Crippen molar-refractivity contribution in [3.05, 3.63) is 76.8 Å². The molecule has 1 saturated heterocycles. The van der Waals surface area contributed by atoms with Crippen LogP contribution in [0.25, 0.3) is 0 Å². The predicted octanol–water partition coefficient (Wildman–Crippen LogP) is 4.69. The first-order valence-electron chi connectivity index (χ1n) is 10.8. The van der Waals surface area contributed by atoms with E-state index in [0.717, 1.165) is 12.0 Å². The maximum absolute atomic E-state index is 12.9. The van der Waals surface area contributed by atoms with Gasteiger partial charge in [0.2, 0.25) is 5.91 Å². The van der Waals surface area contributed by atoms with Crippen molar-refractivity contribution in [2.24, 2.45) is 0 Å². The molecule has 1 aliphatic heterocycles. The summed E-state index contributed by atoms with van der Waals surface area (Å²) in [6.07, 6.45) is 1.26. The van der Waals surface area contributed by atoms with Gasteiger partial charge in [-0.15, -0.1) is 0 Å². The van der Waals surface area contributed by atoms with E-state index in [1.54, 1.807) is 30.0 Å². The molecule has 0 unspecified atom stereocenters. The normalized spacial score (nSPS) is 14.3. The second kappa shape index (κ2) is 9.52. The van der Waals surface area contributed by atoms with Crippen LogP contribution in [0.2, 0.25) is 5.02 Å². The first-order chi connectivity index (χ1) is 16.5. The molecule has 0 aromatic heterocycles. The van der Waals surface area contributed by atoms with Gasteiger partial charge in [-0.25, -0.2) is 16.8 Å². The molecule has 0 radical (unpaired) electrons. The van der Waals surface area contributed by atoms with Crippen LogP contribution in [0.3, 0.4) is 0 Å². The maximum atomic E-state index is 12.9. The van der Waals surface area contributed by atoms with Crippen LogP contribution >= 0.6 is 11.6 Å². The summed E-state index contributed by atoms with van der Waals surface area (Å²) < 4.78 is 56.1. The summed E-state index contributed by atoms with van der Waals surface area (Å²) >= 11 is 6.06. The summed E-state index contributed by atoms with van der Waals surface area (Å²) in [7, 11) is -7.83. The van der Waals surface area contributed by atoms with E-state index < -0.39 is 20.0 Å². The van der Waals surface area contributed by atoms with Gasteiger partial charge in [0.25, 0.3) is 20.0 Å².